The Kier molecular flexibility index (Phi) is 5.91. The number of nitrogens with zero attached hydrogens (tertiary/aromatic N) is 3. The molecule has 0 spiro atoms. The number of ether oxygens (including phenoxy) is 3. The van der Waals surface area contributed by atoms with Crippen LogP contribution < -0.4 is 24.8 Å². The monoisotopic (exact) mass is 455 g/mol. The fourth-order valence-corrected chi connectivity index (χ4v) is 3.86. The fourth-order valence-electron chi connectivity index (χ4n) is 3.63. The van der Waals surface area contributed by atoms with Crippen LogP contribution in [0.1, 0.15) is 18.5 Å². The molecule has 0 aliphatic carbocycles. The fraction of sp³-hybridized carbons (Fsp3) is 0.227. The van der Waals surface area contributed by atoms with Gasteiger partial charge in [-0.3, -0.25) is 4.79 Å². The molecule has 0 saturated heterocycles. The summed E-state index contributed by atoms with van der Waals surface area (Å²) in [5.41, 5.74) is 2.41. The van der Waals surface area contributed by atoms with Crippen LogP contribution >= 0.6 is 11.6 Å². The molecular weight excluding hydrogens is 434 g/mol. The van der Waals surface area contributed by atoms with Gasteiger partial charge in [-0.15, -0.1) is 0 Å². The van der Waals surface area contributed by atoms with Gasteiger partial charge in [0, 0.05) is 17.8 Å². The molecule has 0 saturated carbocycles. The minimum Gasteiger partial charge on any atom is -0.497 e. The Bertz CT molecular complexity index is 1190. The highest BCUT2D eigenvalue weighted by atomic mass is 35.5. The van der Waals surface area contributed by atoms with Crippen molar-refractivity contribution in [2.75, 3.05) is 32.0 Å². The molecule has 2 heterocycles. The summed E-state index contributed by atoms with van der Waals surface area (Å²) >= 11 is 6.19. The van der Waals surface area contributed by atoms with Gasteiger partial charge in [0.05, 0.1) is 37.6 Å². The molecule has 0 fully saturated rings. The number of amides is 1. The first kappa shape index (κ1) is 21.5. The van der Waals surface area contributed by atoms with Crippen molar-refractivity contribution in [3.05, 3.63) is 64.6 Å². The number of allylic oxidation sites excluding steroid dienone is 1. The predicted molar refractivity (Wildman–Crippen MR) is 121 cm³/mol. The molecule has 4 rings (SSSR count). The summed E-state index contributed by atoms with van der Waals surface area (Å²) in [4.78, 5) is 17.8. The highest BCUT2D eigenvalue weighted by molar-refractivity contribution is 6.32. The Balaban J connectivity index is 1.75. The van der Waals surface area contributed by atoms with Crippen LogP contribution in [0.5, 0.6) is 17.2 Å². The van der Waals surface area contributed by atoms with Gasteiger partial charge in [-0.1, -0.05) is 23.7 Å². The molecule has 3 aromatic rings. The van der Waals surface area contributed by atoms with E-state index in [1.54, 1.807) is 23.9 Å². The molecule has 1 amide bonds. The molecule has 9 nitrogen and oxygen atoms in total. The number of anilines is 2. The highest BCUT2D eigenvalue weighted by Crippen LogP contribution is 2.39. The third-order valence-corrected chi connectivity index (χ3v) is 5.49. The van der Waals surface area contributed by atoms with Gasteiger partial charge in [0.25, 0.3) is 5.91 Å². The predicted octanol–water partition coefficient (Wildman–Crippen LogP) is 3.88. The molecule has 2 N–H and O–H groups in total. The van der Waals surface area contributed by atoms with Crippen LogP contribution in [-0.4, -0.2) is 42.0 Å². The van der Waals surface area contributed by atoms with E-state index in [1.165, 1.54) is 20.5 Å². The zero-order valence-electron chi connectivity index (χ0n) is 18.0. The van der Waals surface area contributed by atoms with Crippen LogP contribution in [0.4, 0.5) is 11.6 Å². The van der Waals surface area contributed by atoms with Crippen molar-refractivity contribution in [1.82, 2.24) is 14.8 Å². The maximum Gasteiger partial charge on any atom is 0.255 e. The first-order chi connectivity index (χ1) is 15.5. The second-order valence-corrected chi connectivity index (χ2v) is 7.42. The van der Waals surface area contributed by atoms with E-state index in [-0.39, 0.29) is 5.91 Å². The second kappa shape index (κ2) is 8.80. The zero-order chi connectivity index (χ0) is 22.8. The van der Waals surface area contributed by atoms with E-state index in [0.717, 1.165) is 5.56 Å². The molecule has 166 valence electrons. The van der Waals surface area contributed by atoms with E-state index in [2.05, 4.69) is 20.7 Å². The Morgan fingerprint density at radius 3 is 2.47 bits per heavy atom. The number of aromatic nitrogens is 3. The van der Waals surface area contributed by atoms with Gasteiger partial charge < -0.3 is 24.8 Å². The van der Waals surface area contributed by atoms with Gasteiger partial charge in [-0.2, -0.15) is 10.1 Å². The molecule has 1 aromatic heterocycles. The standard InChI is InChI=1S/C22H22ClN5O4/c1-12-19(21(29)27-16-10-17(31-3)15(23)9-18(16)32-4)20(28-22(26-12)24-11-25-28)13-5-7-14(30-2)8-6-13/h5-11,20H,1-4H3,(H,27,29)(H,24,25,26)/t20-/m0/s1. The molecule has 10 heteroatoms. The molecule has 1 aliphatic heterocycles. The largest absolute Gasteiger partial charge is 0.497 e. The minimum atomic E-state index is -0.500. The van der Waals surface area contributed by atoms with E-state index in [4.69, 9.17) is 25.8 Å². The van der Waals surface area contributed by atoms with Gasteiger partial charge in [-0.25, -0.2) is 4.68 Å². The summed E-state index contributed by atoms with van der Waals surface area (Å²) in [5, 5.41) is 10.8. The summed E-state index contributed by atoms with van der Waals surface area (Å²) < 4.78 is 17.6. The SMILES string of the molecule is COc1ccc([C@H]2C(C(=O)Nc3cc(OC)c(Cl)cc3OC)=C(C)Nc3ncnn32)cc1. The number of halogens is 1. The van der Waals surface area contributed by atoms with E-state index in [0.29, 0.717) is 45.2 Å². The van der Waals surface area contributed by atoms with Gasteiger partial charge in [0.1, 0.15) is 29.6 Å². The maximum absolute atomic E-state index is 13.5. The molecular formula is C22H22ClN5O4. The van der Waals surface area contributed by atoms with E-state index < -0.39 is 6.04 Å². The summed E-state index contributed by atoms with van der Waals surface area (Å²) in [5.74, 6) is 1.76. The van der Waals surface area contributed by atoms with E-state index in [9.17, 15) is 4.79 Å². The van der Waals surface area contributed by atoms with Crippen molar-refractivity contribution in [3.63, 3.8) is 0 Å². The number of carbonyl (C=O) groups is 1. The van der Waals surface area contributed by atoms with Crippen molar-refractivity contribution >= 4 is 29.1 Å². The highest BCUT2D eigenvalue weighted by Gasteiger charge is 2.33. The number of fused-ring (bicyclic) bond motifs is 1. The summed E-state index contributed by atoms with van der Waals surface area (Å²) in [6.07, 6.45) is 1.44. The number of rotatable bonds is 6. The van der Waals surface area contributed by atoms with Crippen LogP contribution in [0.15, 0.2) is 54.0 Å². The lowest BCUT2D eigenvalue weighted by atomic mass is 9.95. The average Bonchev–Trinajstić information content (AvgIpc) is 3.26. The normalized spacial score (nSPS) is 15.0. The van der Waals surface area contributed by atoms with Crippen LogP contribution in [-0.2, 0) is 4.79 Å². The van der Waals surface area contributed by atoms with Crippen molar-refractivity contribution in [3.8, 4) is 17.2 Å². The number of hydrogen-bond acceptors (Lipinski definition) is 7. The molecule has 32 heavy (non-hydrogen) atoms. The summed E-state index contributed by atoms with van der Waals surface area (Å²) in [6, 6.07) is 10.2. The third kappa shape index (κ3) is 3.82. The van der Waals surface area contributed by atoms with Crippen molar-refractivity contribution in [2.24, 2.45) is 0 Å². The number of methoxy groups -OCH3 is 3. The van der Waals surface area contributed by atoms with Gasteiger partial charge >= 0.3 is 0 Å². The minimum absolute atomic E-state index is 0.334. The average molecular weight is 456 g/mol. The topological polar surface area (TPSA) is 99.5 Å². The Labute approximate surface area is 190 Å². The Morgan fingerprint density at radius 1 is 1.09 bits per heavy atom. The lowest BCUT2D eigenvalue weighted by molar-refractivity contribution is -0.113. The van der Waals surface area contributed by atoms with Gasteiger partial charge in [0.2, 0.25) is 5.95 Å². The zero-order valence-corrected chi connectivity index (χ0v) is 18.7. The van der Waals surface area contributed by atoms with Gasteiger partial charge in [0.15, 0.2) is 0 Å². The van der Waals surface area contributed by atoms with Crippen molar-refractivity contribution in [2.45, 2.75) is 13.0 Å². The molecule has 1 aliphatic rings. The summed E-state index contributed by atoms with van der Waals surface area (Å²) in [7, 11) is 4.61. The van der Waals surface area contributed by atoms with E-state index >= 15 is 0 Å². The molecule has 0 unspecified atom stereocenters. The lowest BCUT2D eigenvalue weighted by Crippen LogP contribution is -2.31. The van der Waals surface area contributed by atoms with Crippen LogP contribution in [0.2, 0.25) is 5.02 Å². The third-order valence-electron chi connectivity index (χ3n) is 5.19. The van der Waals surface area contributed by atoms with Crippen molar-refractivity contribution in [1.29, 1.82) is 0 Å². The van der Waals surface area contributed by atoms with Crippen LogP contribution in [0, 0.1) is 0 Å². The first-order valence-electron chi connectivity index (χ1n) is 9.71. The second-order valence-electron chi connectivity index (χ2n) is 7.01. The number of hydrogen-bond donors (Lipinski definition) is 2. The van der Waals surface area contributed by atoms with Crippen LogP contribution in [0.25, 0.3) is 0 Å². The first-order valence-corrected chi connectivity index (χ1v) is 10.1. The molecule has 0 bridgehead atoms. The maximum atomic E-state index is 13.5. The molecule has 0 radical (unpaired) electrons. The van der Waals surface area contributed by atoms with Gasteiger partial charge in [-0.05, 0) is 24.6 Å². The Hall–Kier alpha value is -3.72. The van der Waals surface area contributed by atoms with Crippen LogP contribution in [0.3, 0.4) is 0 Å². The smallest absolute Gasteiger partial charge is 0.255 e. The number of nitrogens with one attached hydrogen (secondary N) is 2. The van der Waals surface area contributed by atoms with E-state index in [1.807, 2.05) is 31.2 Å². The lowest BCUT2D eigenvalue weighted by Gasteiger charge is -2.29. The van der Waals surface area contributed by atoms with Crippen molar-refractivity contribution < 1.29 is 19.0 Å². The number of benzene rings is 2. The molecule has 1 atom stereocenters. The Morgan fingerprint density at radius 2 is 1.81 bits per heavy atom. The number of carbonyl (C=O) groups excluding carboxylic acids is 1. The molecule has 2 aromatic carbocycles. The quantitative estimate of drug-likeness (QED) is 0.581. The summed E-state index contributed by atoms with van der Waals surface area (Å²) in [6.45, 7) is 1.82.